The highest BCUT2D eigenvalue weighted by Crippen LogP contribution is 2.57. The Labute approximate surface area is 173 Å². The predicted molar refractivity (Wildman–Crippen MR) is 114 cm³/mol. The van der Waals surface area contributed by atoms with E-state index in [0.29, 0.717) is 30.7 Å². The normalized spacial score (nSPS) is 23.6. The summed E-state index contributed by atoms with van der Waals surface area (Å²) in [5, 5.41) is 15.2. The molecule has 26 heavy (non-hydrogen) atoms. The van der Waals surface area contributed by atoms with E-state index in [1.807, 2.05) is 24.6 Å². The topological polar surface area (TPSA) is 76.4 Å². The number of halogens is 1. The van der Waals surface area contributed by atoms with Crippen LogP contribution in [0.4, 0.5) is 0 Å². The highest BCUT2D eigenvalue weighted by Gasteiger charge is 2.59. The molecule has 1 spiro atoms. The Morgan fingerprint density at radius 1 is 1.46 bits per heavy atom. The van der Waals surface area contributed by atoms with E-state index in [1.54, 1.807) is 0 Å². The zero-order chi connectivity index (χ0) is 17.9. The standard InChI is InChI=1S/C18H30N6O.HI/c1-5-10-19-17(20-12-16-23-22-13(3)24(16)4)21-14-11-15(25-6-2)18(14)8-7-9-18;/h5,14-15H,1,6-12H2,2-4H3,(H2,19,20,21);1H. The Morgan fingerprint density at radius 3 is 2.77 bits per heavy atom. The molecule has 2 aliphatic rings. The van der Waals surface area contributed by atoms with E-state index < -0.39 is 0 Å². The van der Waals surface area contributed by atoms with Crippen LogP contribution < -0.4 is 10.6 Å². The largest absolute Gasteiger partial charge is 0.378 e. The van der Waals surface area contributed by atoms with Crippen molar-refractivity contribution in [3.63, 3.8) is 0 Å². The summed E-state index contributed by atoms with van der Waals surface area (Å²) in [7, 11) is 1.96. The first-order valence-corrected chi connectivity index (χ1v) is 9.23. The first-order valence-electron chi connectivity index (χ1n) is 9.23. The van der Waals surface area contributed by atoms with Gasteiger partial charge in [0.25, 0.3) is 0 Å². The lowest BCUT2D eigenvalue weighted by atomic mass is 9.51. The van der Waals surface area contributed by atoms with Crippen LogP contribution in [0.5, 0.6) is 0 Å². The number of hydrogen-bond donors (Lipinski definition) is 2. The summed E-state index contributed by atoms with van der Waals surface area (Å²) in [5.41, 5.74) is 0.300. The third-order valence-corrected chi connectivity index (χ3v) is 5.72. The number of nitrogens with zero attached hydrogens (tertiary/aromatic N) is 4. The van der Waals surface area contributed by atoms with Gasteiger partial charge >= 0.3 is 0 Å². The summed E-state index contributed by atoms with van der Waals surface area (Å²) in [6.07, 6.45) is 7.06. The summed E-state index contributed by atoms with van der Waals surface area (Å²) in [6.45, 7) is 9.77. The van der Waals surface area contributed by atoms with Gasteiger partial charge in [0.05, 0.1) is 6.10 Å². The maximum atomic E-state index is 5.94. The number of rotatable bonds is 7. The van der Waals surface area contributed by atoms with Crippen LogP contribution in [0.1, 0.15) is 44.3 Å². The summed E-state index contributed by atoms with van der Waals surface area (Å²) >= 11 is 0. The lowest BCUT2D eigenvalue weighted by molar-refractivity contribution is -0.168. The van der Waals surface area contributed by atoms with Gasteiger partial charge in [-0.05, 0) is 33.1 Å². The van der Waals surface area contributed by atoms with Crippen LogP contribution in [0.3, 0.4) is 0 Å². The molecule has 2 atom stereocenters. The van der Waals surface area contributed by atoms with Crippen molar-refractivity contribution in [2.24, 2.45) is 17.5 Å². The highest BCUT2D eigenvalue weighted by molar-refractivity contribution is 14.0. The number of aryl methyl sites for hydroxylation is 1. The zero-order valence-corrected chi connectivity index (χ0v) is 18.3. The summed E-state index contributed by atoms with van der Waals surface area (Å²) in [5.74, 6) is 2.56. The first-order chi connectivity index (χ1) is 12.1. The first kappa shape index (κ1) is 21.1. The number of nitrogens with one attached hydrogen (secondary N) is 2. The van der Waals surface area contributed by atoms with E-state index in [0.717, 1.165) is 30.6 Å². The molecule has 3 rings (SSSR count). The third kappa shape index (κ3) is 4.05. The van der Waals surface area contributed by atoms with Crippen molar-refractivity contribution in [2.75, 3.05) is 13.2 Å². The smallest absolute Gasteiger partial charge is 0.192 e. The number of aliphatic imine (C=N–C) groups is 1. The summed E-state index contributed by atoms with van der Waals surface area (Å²) in [4.78, 5) is 4.70. The molecule has 7 nitrogen and oxygen atoms in total. The predicted octanol–water partition coefficient (Wildman–Crippen LogP) is 2.31. The molecular formula is C18H31IN6O. The Bertz CT molecular complexity index is 640. The summed E-state index contributed by atoms with van der Waals surface area (Å²) in [6, 6.07) is 0.426. The minimum atomic E-state index is 0. The Kier molecular flexibility index (Phi) is 7.45. The quantitative estimate of drug-likeness (QED) is 0.275. The molecule has 146 valence electrons. The van der Waals surface area contributed by atoms with Gasteiger partial charge in [-0.25, -0.2) is 4.99 Å². The molecule has 2 unspecified atom stereocenters. The number of aromatic nitrogens is 3. The van der Waals surface area contributed by atoms with Gasteiger partial charge in [-0.15, -0.1) is 40.8 Å². The Morgan fingerprint density at radius 2 is 2.23 bits per heavy atom. The van der Waals surface area contributed by atoms with Crippen molar-refractivity contribution in [3.8, 4) is 0 Å². The molecule has 0 aromatic carbocycles. The fourth-order valence-corrected chi connectivity index (χ4v) is 3.87. The van der Waals surface area contributed by atoms with E-state index in [1.165, 1.54) is 19.3 Å². The van der Waals surface area contributed by atoms with Crippen molar-refractivity contribution < 1.29 is 4.74 Å². The number of ether oxygens (including phenoxy) is 1. The molecule has 0 saturated heterocycles. The molecule has 0 bridgehead atoms. The fraction of sp³-hybridized carbons (Fsp3) is 0.722. The van der Waals surface area contributed by atoms with Gasteiger partial charge in [0.15, 0.2) is 11.8 Å². The van der Waals surface area contributed by atoms with E-state index in [4.69, 9.17) is 9.73 Å². The average Bonchev–Trinajstić information content (AvgIpc) is 2.86. The van der Waals surface area contributed by atoms with E-state index >= 15 is 0 Å². The number of hydrogen-bond acceptors (Lipinski definition) is 4. The molecule has 2 aliphatic carbocycles. The molecule has 0 radical (unpaired) electrons. The van der Waals surface area contributed by atoms with Crippen molar-refractivity contribution in [3.05, 3.63) is 24.3 Å². The SMILES string of the molecule is C=CCNC(=NCc1nnc(C)n1C)NC1CC(OCC)C12CCC2.I. The van der Waals surface area contributed by atoms with E-state index in [-0.39, 0.29) is 24.0 Å². The summed E-state index contributed by atoms with van der Waals surface area (Å²) < 4.78 is 7.91. The van der Waals surface area contributed by atoms with Gasteiger partial charge in [-0.1, -0.05) is 12.5 Å². The van der Waals surface area contributed by atoms with Gasteiger partial charge in [0.2, 0.25) is 0 Å². The maximum Gasteiger partial charge on any atom is 0.192 e. The zero-order valence-electron chi connectivity index (χ0n) is 16.0. The average molecular weight is 474 g/mol. The molecule has 1 aromatic heterocycles. The van der Waals surface area contributed by atoms with Crippen LogP contribution in [0.2, 0.25) is 0 Å². The van der Waals surface area contributed by atoms with Crippen molar-refractivity contribution in [1.82, 2.24) is 25.4 Å². The second-order valence-corrected chi connectivity index (χ2v) is 7.02. The van der Waals surface area contributed by atoms with Gasteiger partial charge in [-0.3, -0.25) is 0 Å². The molecule has 0 amide bonds. The molecule has 0 aliphatic heterocycles. The lowest BCUT2D eigenvalue weighted by Crippen LogP contribution is -2.68. The minimum absolute atomic E-state index is 0. The van der Waals surface area contributed by atoms with Crippen molar-refractivity contribution in [2.45, 2.75) is 58.2 Å². The van der Waals surface area contributed by atoms with Gasteiger partial charge in [0, 0.05) is 31.7 Å². The molecule has 2 saturated carbocycles. The molecule has 1 heterocycles. The number of guanidine groups is 1. The molecule has 2 N–H and O–H groups in total. The van der Waals surface area contributed by atoms with Gasteiger partial charge < -0.3 is 19.9 Å². The van der Waals surface area contributed by atoms with Crippen LogP contribution in [0.25, 0.3) is 0 Å². The molecule has 2 fully saturated rings. The Hall–Kier alpha value is -1.16. The van der Waals surface area contributed by atoms with E-state index in [9.17, 15) is 0 Å². The lowest BCUT2D eigenvalue weighted by Gasteiger charge is -2.61. The second-order valence-electron chi connectivity index (χ2n) is 7.02. The highest BCUT2D eigenvalue weighted by atomic mass is 127. The van der Waals surface area contributed by atoms with Crippen LogP contribution in [-0.4, -0.2) is 46.0 Å². The third-order valence-electron chi connectivity index (χ3n) is 5.72. The monoisotopic (exact) mass is 474 g/mol. The van der Waals surface area contributed by atoms with Gasteiger partial charge in [0.1, 0.15) is 12.4 Å². The maximum absolute atomic E-state index is 5.94. The van der Waals surface area contributed by atoms with Crippen molar-refractivity contribution in [1.29, 1.82) is 0 Å². The minimum Gasteiger partial charge on any atom is -0.378 e. The van der Waals surface area contributed by atoms with E-state index in [2.05, 4.69) is 34.3 Å². The van der Waals surface area contributed by atoms with Gasteiger partial charge in [-0.2, -0.15) is 0 Å². The van der Waals surface area contributed by atoms with Crippen LogP contribution in [0, 0.1) is 12.3 Å². The van der Waals surface area contributed by atoms with Crippen LogP contribution in [-0.2, 0) is 18.3 Å². The molecular weight excluding hydrogens is 443 g/mol. The fourth-order valence-electron chi connectivity index (χ4n) is 3.87. The molecule has 8 heteroatoms. The second kappa shape index (κ2) is 9.16. The van der Waals surface area contributed by atoms with Crippen molar-refractivity contribution >= 4 is 29.9 Å². The Balaban J connectivity index is 0.00000243. The van der Waals surface area contributed by atoms with Crippen LogP contribution >= 0.6 is 24.0 Å². The van der Waals surface area contributed by atoms with Crippen LogP contribution in [0.15, 0.2) is 17.6 Å². The molecule has 1 aromatic rings.